The molecule has 0 spiro atoms. The fourth-order valence-corrected chi connectivity index (χ4v) is 9.24. The van der Waals surface area contributed by atoms with Gasteiger partial charge in [0.15, 0.2) is 45.6 Å². The van der Waals surface area contributed by atoms with Crippen molar-refractivity contribution in [1.82, 2.24) is 69.2 Å². The Morgan fingerprint density at radius 2 is 0.986 bits per heavy atom. The van der Waals surface area contributed by atoms with Gasteiger partial charge in [-0.05, 0) is 17.3 Å². The van der Waals surface area contributed by atoms with Crippen molar-refractivity contribution < 1.29 is 14.3 Å². The number of hydrogen-bond donors (Lipinski definition) is 3. The molecule has 0 unspecified atom stereocenters. The molecule has 4 fully saturated rings. The lowest BCUT2D eigenvalue weighted by Crippen LogP contribution is -2.50. The standard InChI is InChI=1S/C27H40N10O2.C21H30N10O/c1-18(2)17-37-24-21(31-26(37)36-8-6-34(7-9-36)20(38)14-27(3,4)5)23(35-10-12-39-13-11-35)32-22(33-24)19-15-29-25(28)30-16-19;1-14(2)13-31-19-16(26-21(31)30-5-3-23-4-6-30)18(29-7-9-32-10-8-29)27-17(28-19)15-11-24-20(22)25-12-15/h15-16,18H,6-14,17H2,1-5H3,(H2,28,29,30);11-12,14,23H,3-10,13H2,1-2H3,(H2,22,24,25). The summed E-state index contributed by atoms with van der Waals surface area (Å²) >= 11 is 0. The molecule has 380 valence electrons. The van der Waals surface area contributed by atoms with Crippen LogP contribution in [-0.2, 0) is 27.4 Å². The van der Waals surface area contributed by atoms with E-state index in [2.05, 4.69) is 102 Å². The fourth-order valence-electron chi connectivity index (χ4n) is 9.24. The van der Waals surface area contributed by atoms with Crippen LogP contribution in [0.5, 0.6) is 0 Å². The van der Waals surface area contributed by atoms with Gasteiger partial charge in [0, 0.05) is 123 Å². The fraction of sp³-hybridized carbons (Fsp3) is 0.604. The van der Waals surface area contributed by atoms with Crippen molar-refractivity contribution in [2.24, 2.45) is 17.3 Å². The van der Waals surface area contributed by atoms with Crippen molar-refractivity contribution in [3.05, 3.63) is 24.8 Å². The van der Waals surface area contributed by atoms with E-state index < -0.39 is 0 Å². The highest BCUT2D eigenvalue weighted by molar-refractivity contribution is 5.89. The number of nitrogen functional groups attached to an aromatic ring is 2. The number of nitrogens with two attached hydrogens (primary N) is 2. The van der Waals surface area contributed by atoms with E-state index >= 15 is 0 Å². The molecule has 0 radical (unpaired) electrons. The van der Waals surface area contributed by atoms with E-state index in [4.69, 9.17) is 50.8 Å². The second-order valence-electron chi connectivity index (χ2n) is 20.6. The van der Waals surface area contributed by atoms with Crippen molar-refractivity contribution in [2.45, 2.75) is 68.0 Å². The molecule has 4 saturated heterocycles. The molecule has 10 rings (SSSR count). The molecule has 0 aromatic carbocycles. The third-order valence-electron chi connectivity index (χ3n) is 12.7. The summed E-state index contributed by atoms with van der Waals surface area (Å²) in [5, 5.41) is 3.42. The number of ether oxygens (including phenoxy) is 2. The number of piperazine rings is 2. The molecule has 4 aliphatic rings. The molecule has 6 aromatic heterocycles. The SMILES string of the molecule is CC(C)Cn1c(N2CCN(C(=O)CC(C)(C)C)CC2)nc2c(N3CCOCC3)nc(-c3cnc(N)nc3)nc21.CC(C)Cn1c(N2CCNCC2)nc2c(N3CCOCC3)nc(-c3cnc(N)nc3)nc21. The van der Waals surface area contributed by atoms with Crippen LogP contribution >= 0.6 is 0 Å². The third kappa shape index (κ3) is 11.5. The quantitative estimate of drug-likeness (QED) is 0.168. The van der Waals surface area contributed by atoms with Gasteiger partial charge in [-0.15, -0.1) is 0 Å². The highest BCUT2D eigenvalue weighted by atomic mass is 16.5. The maximum Gasteiger partial charge on any atom is 0.223 e. The highest BCUT2D eigenvalue weighted by Crippen LogP contribution is 2.34. The minimum Gasteiger partial charge on any atom is -0.378 e. The molecule has 0 saturated carbocycles. The maximum atomic E-state index is 12.9. The Morgan fingerprint density at radius 3 is 1.38 bits per heavy atom. The number of aromatic nitrogens is 12. The minimum atomic E-state index is -0.0265. The molecule has 0 bridgehead atoms. The highest BCUT2D eigenvalue weighted by Gasteiger charge is 2.31. The van der Waals surface area contributed by atoms with Gasteiger partial charge in [0.2, 0.25) is 29.7 Å². The molecule has 6 aromatic rings. The first-order valence-corrected chi connectivity index (χ1v) is 25.0. The number of carbonyl (C=O) groups is 1. The molecule has 1 amide bonds. The molecule has 71 heavy (non-hydrogen) atoms. The summed E-state index contributed by atoms with van der Waals surface area (Å²) in [6.07, 6.45) is 7.21. The Kier molecular flexibility index (Phi) is 14.9. The zero-order valence-electron chi connectivity index (χ0n) is 42.4. The lowest BCUT2D eigenvalue weighted by molar-refractivity contribution is -0.133. The summed E-state index contributed by atoms with van der Waals surface area (Å²) in [6, 6.07) is 0. The van der Waals surface area contributed by atoms with Gasteiger partial charge in [0.05, 0.1) is 37.6 Å². The largest absolute Gasteiger partial charge is 0.378 e. The van der Waals surface area contributed by atoms with Crippen LogP contribution in [0.3, 0.4) is 0 Å². The first-order chi connectivity index (χ1) is 34.2. The van der Waals surface area contributed by atoms with E-state index in [1.807, 2.05) is 4.90 Å². The van der Waals surface area contributed by atoms with Crippen LogP contribution in [-0.4, -0.2) is 175 Å². The first kappa shape index (κ1) is 49.4. The average Bonchev–Trinajstić information content (AvgIpc) is 3.91. The van der Waals surface area contributed by atoms with E-state index in [1.165, 1.54) is 0 Å². The van der Waals surface area contributed by atoms with Gasteiger partial charge >= 0.3 is 0 Å². The number of fused-ring (bicyclic) bond motifs is 2. The molecule has 10 heterocycles. The number of carbonyl (C=O) groups excluding carboxylic acids is 1. The summed E-state index contributed by atoms with van der Waals surface area (Å²) in [7, 11) is 0. The monoisotopic (exact) mass is 975 g/mol. The van der Waals surface area contributed by atoms with E-state index in [9.17, 15) is 4.79 Å². The van der Waals surface area contributed by atoms with Gasteiger partial charge in [-0.1, -0.05) is 48.5 Å². The van der Waals surface area contributed by atoms with Crippen molar-refractivity contribution in [3.8, 4) is 22.8 Å². The number of hydrogen-bond acceptors (Lipinski definition) is 20. The molecular weight excluding hydrogens is 905 g/mol. The summed E-state index contributed by atoms with van der Waals surface area (Å²) in [6.45, 7) is 28.8. The lowest BCUT2D eigenvalue weighted by Gasteiger charge is -2.36. The second kappa shape index (κ2) is 21.4. The van der Waals surface area contributed by atoms with E-state index in [0.717, 1.165) is 130 Å². The summed E-state index contributed by atoms with van der Waals surface area (Å²) < 4.78 is 15.6. The molecule has 23 nitrogen and oxygen atoms in total. The molecular formula is C48H70N20O3. The number of anilines is 6. The number of imidazole rings is 2. The van der Waals surface area contributed by atoms with Crippen LogP contribution in [0.2, 0.25) is 0 Å². The number of rotatable bonds is 11. The number of nitrogens with zero attached hydrogens (tertiary/aromatic N) is 17. The van der Waals surface area contributed by atoms with Crippen molar-refractivity contribution in [3.63, 3.8) is 0 Å². The van der Waals surface area contributed by atoms with Crippen LogP contribution in [0, 0.1) is 17.3 Å². The van der Waals surface area contributed by atoms with Crippen molar-refractivity contribution >= 4 is 63.7 Å². The smallest absolute Gasteiger partial charge is 0.223 e. The third-order valence-corrected chi connectivity index (χ3v) is 12.7. The first-order valence-electron chi connectivity index (χ1n) is 25.0. The molecule has 23 heteroatoms. The van der Waals surface area contributed by atoms with Gasteiger partial charge in [0.25, 0.3) is 0 Å². The summed E-state index contributed by atoms with van der Waals surface area (Å²) in [5.74, 6) is 6.06. The number of nitrogens with one attached hydrogen (secondary N) is 1. The predicted octanol–water partition coefficient (Wildman–Crippen LogP) is 3.21. The summed E-state index contributed by atoms with van der Waals surface area (Å²) in [5.41, 5.74) is 16.1. The Labute approximate surface area is 414 Å². The lowest BCUT2D eigenvalue weighted by atomic mass is 9.91. The van der Waals surface area contributed by atoms with Gasteiger partial charge in [-0.3, -0.25) is 13.9 Å². The van der Waals surface area contributed by atoms with Gasteiger partial charge in [-0.2, -0.15) is 0 Å². The van der Waals surface area contributed by atoms with Crippen LogP contribution in [0.1, 0.15) is 54.9 Å². The molecule has 0 aliphatic carbocycles. The Hall–Kier alpha value is -6.59. The maximum absolute atomic E-state index is 12.9. The van der Waals surface area contributed by atoms with Crippen LogP contribution in [0.4, 0.5) is 35.4 Å². The Morgan fingerprint density at radius 1 is 0.577 bits per heavy atom. The topological polar surface area (TPSA) is 255 Å². The van der Waals surface area contributed by atoms with Crippen molar-refractivity contribution in [1.29, 1.82) is 0 Å². The zero-order valence-corrected chi connectivity index (χ0v) is 42.4. The molecule has 4 aliphatic heterocycles. The van der Waals surface area contributed by atoms with Crippen LogP contribution in [0.15, 0.2) is 24.8 Å². The molecule has 0 atom stereocenters. The normalized spacial score (nSPS) is 17.2. The van der Waals surface area contributed by atoms with Crippen LogP contribution in [0.25, 0.3) is 45.1 Å². The number of amides is 1. The van der Waals surface area contributed by atoms with E-state index in [-0.39, 0.29) is 23.2 Å². The zero-order chi connectivity index (χ0) is 49.8. The second-order valence-corrected chi connectivity index (χ2v) is 20.6. The predicted molar refractivity (Wildman–Crippen MR) is 275 cm³/mol. The van der Waals surface area contributed by atoms with Gasteiger partial charge < -0.3 is 50.8 Å². The van der Waals surface area contributed by atoms with Gasteiger partial charge in [-0.25, -0.2) is 49.8 Å². The minimum absolute atomic E-state index is 0.0265. The Bertz CT molecular complexity index is 2740. The van der Waals surface area contributed by atoms with Crippen LogP contribution < -0.4 is 36.4 Å². The van der Waals surface area contributed by atoms with Gasteiger partial charge in [0.1, 0.15) is 0 Å². The average molecular weight is 975 g/mol. The molecule has 5 N–H and O–H groups in total. The van der Waals surface area contributed by atoms with Crippen molar-refractivity contribution in [2.75, 3.05) is 136 Å². The summed E-state index contributed by atoms with van der Waals surface area (Å²) in [4.78, 5) is 70.7. The van der Waals surface area contributed by atoms with E-state index in [1.54, 1.807) is 24.8 Å². The number of morpholine rings is 2. The Balaban J connectivity index is 0.000000179. The van der Waals surface area contributed by atoms with E-state index in [0.29, 0.717) is 75.0 Å².